The number of benzene rings is 2. The summed E-state index contributed by atoms with van der Waals surface area (Å²) in [6, 6.07) is 14.7. The van der Waals surface area contributed by atoms with Crippen molar-refractivity contribution in [3.05, 3.63) is 58.9 Å². The standard InChI is InChI=1S/C21H21N3O3S3/c1-2-12-24-18-11-10-17(30(22,26)27)14-19(18)29-21(24)23-20(25)9-6-13-28-15-16-7-4-3-5-8-16/h1,3-5,7-8,10-11,14H,6,9,12-13,15H2,(H2,22,26,27). The first-order chi connectivity index (χ1) is 14.4. The van der Waals surface area contributed by atoms with E-state index in [9.17, 15) is 13.2 Å². The van der Waals surface area contributed by atoms with Crippen LogP contribution in [0.5, 0.6) is 0 Å². The minimum Gasteiger partial charge on any atom is -0.305 e. The van der Waals surface area contributed by atoms with Gasteiger partial charge in [0.1, 0.15) is 0 Å². The lowest BCUT2D eigenvalue weighted by Gasteiger charge is -2.02. The summed E-state index contributed by atoms with van der Waals surface area (Å²) in [6.07, 6.45) is 6.53. The van der Waals surface area contributed by atoms with Gasteiger partial charge in [-0.15, -0.1) is 6.42 Å². The molecule has 30 heavy (non-hydrogen) atoms. The molecule has 3 aromatic rings. The number of thioether (sulfide) groups is 1. The van der Waals surface area contributed by atoms with E-state index in [1.807, 2.05) is 18.2 Å². The molecule has 3 rings (SSSR count). The number of carbonyl (C=O) groups excluding carboxylic acids is 1. The maximum atomic E-state index is 12.4. The van der Waals surface area contributed by atoms with Crippen molar-refractivity contribution in [2.75, 3.05) is 5.75 Å². The smallest absolute Gasteiger partial charge is 0.248 e. The van der Waals surface area contributed by atoms with Gasteiger partial charge in [0.25, 0.3) is 0 Å². The molecule has 0 atom stereocenters. The Balaban J connectivity index is 1.70. The van der Waals surface area contributed by atoms with Crippen molar-refractivity contribution < 1.29 is 13.2 Å². The lowest BCUT2D eigenvalue weighted by atomic mass is 10.2. The van der Waals surface area contributed by atoms with E-state index < -0.39 is 10.0 Å². The SMILES string of the molecule is C#CCn1c(=NC(=O)CCCSCc2ccccc2)sc2cc(S(N)(=O)=O)ccc21. The van der Waals surface area contributed by atoms with Gasteiger partial charge in [0.2, 0.25) is 15.9 Å². The molecule has 2 aromatic carbocycles. The molecule has 0 saturated carbocycles. The van der Waals surface area contributed by atoms with E-state index in [4.69, 9.17) is 11.6 Å². The Hall–Kier alpha value is -2.38. The number of aromatic nitrogens is 1. The van der Waals surface area contributed by atoms with Crippen LogP contribution in [0, 0.1) is 12.3 Å². The van der Waals surface area contributed by atoms with Crippen LogP contribution in [0.25, 0.3) is 10.2 Å². The summed E-state index contributed by atoms with van der Waals surface area (Å²) >= 11 is 3.00. The quantitative estimate of drug-likeness (QED) is 0.414. The largest absolute Gasteiger partial charge is 0.305 e. The molecule has 0 radical (unpaired) electrons. The van der Waals surface area contributed by atoms with Crippen molar-refractivity contribution >= 4 is 49.2 Å². The molecule has 0 aliphatic rings. The monoisotopic (exact) mass is 459 g/mol. The summed E-state index contributed by atoms with van der Waals surface area (Å²) in [5.74, 6) is 4.10. The van der Waals surface area contributed by atoms with Gasteiger partial charge in [-0.1, -0.05) is 47.6 Å². The average molecular weight is 460 g/mol. The lowest BCUT2D eigenvalue weighted by molar-refractivity contribution is -0.118. The molecule has 2 N–H and O–H groups in total. The number of thiazole rings is 1. The van der Waals surface area contributed by atoms with Gasteiger partial charge in [-0.05, 0) is 35.9 Å². The van der Waals surface area contributed by atoms with E-state index in [1.165, 1.54) is 29.0 Å². The van der Waals surface area contributed by atoms with E-state index in [1.54, 1.807) is 22.4 Å². The second-order valence-corrected chi connectivity index (χ2v) is 10.2. The van der Waals surface area contributed by atoms with Crippen LogP contribution in [0.15, 0.2) is 58.4 Å². The number of primary sulfonamides is 1. The minimum atomic E-state index is -3.81. The minimum absolute atomic E-state index is 0.0115. The fraction of sp³-hybridized carbons (Fsp3) is 0.238. The van der Waals surface area contributed by atoms with Crippen molar-refractivity contribution in [2.45, 2.75) is 30.0 Å². The molecule has 156 valence electrons. The van der Waals surface area contributed by atoms with E-state index in [-0.39, 0.29) is 17.3 Å². The van der Waals surface area contributed by atoms with Crippen molar-refractivity contribution in [2.24, 2.45) is 10.1 Å². The van der Waals surface area contributed by atoms with Gasteiger partial charge in [-0.3, -0.25) is 4.79 Å². The van der Waals surface area contributed by atoms with Crippen molar-refractivity contribution in [3.8, 4) is 12.3 Å². The number of terminal acetylenes is 1. The molecular weight excluding hydrogens is 438 g/mol. The molecule has 0 spiro atoms. The van der Waals surface area contributed by atoms with Gasteiger partial charge in [-0.25, -0.2) is 13.6 Å². The van der Waals surface area contributed by atoms with E-state index in [2.05, 4.69) is 23.0 Å². The summed E-state index contributed by atoms with van der Waals surface area (Å²) in [7, 11) is -3.81. The molecule has 9 heteroatoms. The Morgan fingerprint density at radius 2 is 2.00 bits per heavy atom. The molecule has 0 unspecified atom stereocenters. The number of hydrogen-bond donors (Lipinski definition) is 1. The number of nitrogens with zero attached hydrogens (tertiary/aromatic N) is 2. The highest BCUT2D eigenvalue weighted by Gasteiger charge is 2.13. The Bertz CT molecular complexity index is 1250. The summed E-state index contributed by atoms with van der Waals surface area (Å²) in [6.45, 7) is 0.230. The zero-order valence-electron chi connectivity index (χ0n) is 16.2. The predicted octanol–water partition coefficient (Wildman–Crippen LogP) is 3.12. The molecule has 0 aliphatic heterocycles. The molecule has 0 bridgehead atoms. The van der Waals surface area contributed by atoms with Crippen molar-refractivity contribution in [3.63, 3.8) is 0 Å². The maximum absolute atomic E-state index is 12.4. The van der Waals surface area contributed by atoms with Gasteiger partial charge in [0, 0.05) is 12.2 Å². The third-order valence-electron chi connectivity index (χ3n) is 4.24. The number of fused-ring (bicyclic) bond motifs is 1. The first-order valence-corrected chi connectivity index (χ1v) is 12.7. The first-order valence-electron chi connectivity index (χ1n) is 9.17. The van der Waals surface area contributed by atoms with Crippen LogP contribution in [0.2, 0.25) is 0 Å². The second-order valence-electron chi connectivity index (χ2n) is 6.50. The Kier molecular flexibility index (Phi) is 7.50. The number of amides is 1. The fourth-order valence-corrected chi connectivity index (χ4v) is 5.43. The number of hydrogen-bond acceptors (Lipinski definition) is 5. The van der Waals surface area contributed by atoms with E-state index in [0.29, 0.717) is 15.9 Å². The zero-order chi connectivity index (χ0) is 21.6. The number of sulfonamides is 1. The fourth-order valence-electron chi connectivity index (χ4n) is 2.81. The van der Waals surface area contributed by atoms with Crippen LogP contribution in [0.3, 0.4) is 0 Å². The third kappa shape index (κ3) is 5.83. The van der Waals surface area contributed by atoms with E-state index >= 15 is 0 Å². The third-order valence-corrected chi connectivity index (χ3v) is 7.31. The molecule has 0 fully saturated rings. The summed E-state index contributed by atoms with van der Waals surface area (Å²) in [4.78, 5) is 17.0. The molecule has 1 heterocycles. The molecule has 0 saturated heterocycles. The summed E-state index contributed by atoms with van der Waals surface area (Å²) < 4.78 is 25.6. The van der Waals surface area contributed by atoms with Crippen LogP contribution >= 0.6 is 23.1 Å². The molecular formula is C21H21N3O3S3. The summed E-state index contributed by atoms with van der Waals surface area (Å²) in [5, 5.41) is 5.21. The van der Waals surface area contributed by atoms with Crippen LogP contribution < -0.4 is 9.94 Å². The van der Waals surface area contributed by atoms with E-state index in [0.717, 1.165) is 23.4 Å². The predicted molar refractivity (Wildman–Crippen MR) is 122 cm³/mol. The Morgan fingerprint density at radius 3 is 2.70 bits per heavy atom. The number of nitrogens with two attached hydrogens (primary N) is 1. The van der Waals surface area contributed by atoms with Gasteiger partial charge < -0.3 is 4.57 Å². The highest BCUT2D eigenvalue weighted by Crippen LogP contribution is 2.21. The number of carbonyl (C=O) groups is 1. The van der Waals surface area contributed by atoms with Gasteiger partial charge in [0.15, 0.2) is 4.80 Å². The molecule has 1 amide bonds. The lowest BCUT2D eigenvalue weighted by Crippen LogP contribution is -2.16. The second kappa shape index (κ2) is 10.1. The molecule has 0 aliphatic carbocycles. The maximum Gasteiger partial charge on any atom is 0.248 e. The van der Waals surface area contributed by atoms with Crippen LogP contribution in [0.4, 0.5) is 0 Å². The molecule has 1 aromatic heterocycles. The molecule has 6 nitrogen and oxygen atoms in total. The van der Waals surface area contributed by atoms with Crippen LogP contribution in [-0.2, 0) is 27.1 Å². The average Bonchev–Trinajstić information content (AvgIpc) is 3.04. The van der Waals surface area contributed by atoms with Gasteiger partial charge >= 0.3 is 0 Å². The Morgan fingerprint density at radius 1 is 1.23 bits per heavy atom. The highest BCUT2D eigenvalue weighted by atomic mass is 32.2. The summed E-state index contributed by atoms with van der Waals surface area (Å²) in [5.41, 5.74) is 1.98. The zero-order valence-corrected chi connectivity index (χ0v) is 18.6. The van der Waals surface area contributed by atoms with Crippen molar-refractivity contribution in [1.29, 1.82) is 0 Å². The normalized spacial score (nSPS) is 12.2. The topological polar surface area (TPSA) is 94.5 Å². The van der Waals surface area contributed by atoms with Crippen LogP contribution in [-0.4, -0.2) is 24.6 Å². The van der Waals surface area contributed by atoms with Gasteiger partial charge in [0.05, 0.1) is 21.7 Å². The first kappa shape index (κ1) is 22.3. The van der Waals surface area contributed by atoms with Gasteiger partial charge in [-0.2, -0.15) is 16.8 Å². The number of rotatable bonds is 8. The van der Waals surface area contributed by atoms with Crippen molar-refractivity contribution in [1.82, 2.24) is 4.57 Å². The Labute approximate surface area is 183 Å². The highest BCUT2D eigenvalue weighted by molar-refractivity contribution is 7.98. The van der Waals surface area contributed by atoms with Crippen LogP contribution in [0.1, 0.15) is 18.4 Å².